The summed E-state index contributed by atoms with van der Waals surface area (Å²) >= 11 is 0. The van der Waals surface area contributed by atoms with Gasteiger partial charge in [-0.15, -0.1) is 0 Å². The van der Waals surface area contributed by atoms with E-state index in [0.717, 1.165) is 43.2 Å². The summed E-state index contributed by atoms with van der Waals surface area (Å²) < 4.78 is 5.54. The predicted molar refractivity (Wildman–Crippen MR) is 125 cm³/mol. The Morgan fingerprint density at radius 3 is 2.18 bits per heavy atom. The Hall–Kier alpha value is -3.15. The maximum atomic E-state index is 13.2. The Kier molecular flexibility index (Phi) is 5.47. The molecule has 6 heteroatoms. The first-order chi connectivity index (χ1) is 15.8. The predicted octanol–water partition coefficient (Wildman–Crippen LogP) is 4.31. The lowest BCUT2D eigenvalue weighted by atomic mass is 9.47. The molecule has 6 nitrogen and oxygen atoms in total. The molecular formula is C27H30N2O4. The van der Waals surface area contributed by atoms with Crippen molar-refractivity contribution >= 4 is 23.5 Å². The molecule has 2 aromatic rings. The third-order valence-electron chi connectivity index (χ3n) is 7.55. The first kappa shape index (κ1) is 21.7. The Morgan fingerprint density at radius 2 is 1.55 bits per heavy atom. The van der Waals surface area contributed by atoms with Gasteiger partial charge in [-0.2, -0.15) is 0 Å². The summed E-state index contributed by atoms with van der Waals surface area (Å²) in [5, 5.41) is 5.97. The fourth-order valence-electron chi connectivity index (χ4n) is 6.88. The van der Waals surface area contributed by atoms with E-state index in [-0.39, 0.29) is 29.9 Å². The summed E-state index contributed by atoms with van der Waals surface area (Å²) in [6, 6.07) is 17.6. The van der Waals surface area contributed by atoms with Crippen molar-refractivity contribution in [3.05, 3.63) is 54.6 Å². The van der Waals surface area contributed by atoms with Crippen LogP contribution < -0.4 is 10.6 Å². The fraction of sp³-hybridized carbons (Fsp3) is 0.444. The number of anilines is 1. The van der Waals surface area contributed by atoms with Gasteiger partial charge in [0.15, 0.2) is 6.61 Å². The molecule has 0 spiro atoms. The minimum Gasteiger partial charge on any atom is -0.455 e. The second-order valence-corrected chi connectivity index (χ2v) is 10.3. The maximum Gasteiger partial charge on any atom is 0.312 e. The van der Waals surface area contributed by atoms with E-state index in [0.29, 0.717) is 23.9 Å². The van der Waals surface area contributed by atoms with Crippen molar-refractivity contribution < 1.29 is 19.1 Å². The van der Waals surface area contributed by atoms with Gasteiger partial charge in [0, 0.05) is 18.2 Å². The van der Waals surface area contributed by atoms with Crippen molar-refractivity contribution in [2.75, 3.05) is 11.9 Å². The van der Waals surface area contributed by atoms with Crippen LogP contribution in [0.4, 0.5) is 5.69 Å². The summed E-state index contributed by atoms with van der Waals surface area (Å²) in [4.78, 5) is 37.4. The smallest absolute Gasteiger partial charge is 0.312 e. The van der Waals surface area contributed by atoms with Crippen molar-refractivity contribution in [3.63, 3.8) is 0 Å². The van der Waals surface area contributed by atoms with E-state index in [1.807, 2.05) is 54.6 Å². The fourth-order valence-corrected chi connectivity index (χ4v) is 6.88. The standard InChI is InChI=1S/C27H30N2O4/c1-18(30)29-27-14-19-11-20(15-27)13-26(12-19,17-27)25(32)33-16-24(31)28-23-9-7-22(8-10-23)21-5-3-2-4-6-21/h2-10,19-20H,11-17H2,1H3,(H,28,31)(H,29,30)/t19-,20+,26?,27?. The molecule has 4 aliphatic carbocycles. The van der Waals surface area contributed by atoms with Crippen LogP contribution in [0.15, 0.2) is 54.6 Å². The van der Waals surface area contributed by atoms with Crippen LogP contribution in [0.2, 0.25) is 0 Å². The third kappa shape index (κ3) is 4.39. The van der Waals surface area contributed by atoms with Gasteiger partial charge >= 0.3 is 5.97 Å². The first-order valence-electron chi connectivity index (χ1n) is 11.8. The van der Waals surface area contributed by atoms with Gasteiger partial charge in [-0.3, -0.25) is 14.4 Å². The summed E-state index contributed by atoms with van der Waals surface area (Å²) in [6.45, 7) is 1.24. The van der Waals surface area contributed by atoms with E-state index in [1.54, 1.807) is 6.92 Å². The highest BCUT2D eigenvalue weighted by atomic mass is 16.5. The number of benzene rings is 2. The number of nitrogens with one attached hydrogen (secondary N) is 2. The van der Waals surface area contributed by atoms with E-state index < -0.39 is 5.41 Å². The minimum atomic E-state index is -0.579. The lowest BCUT2D eigenvalue weighted by molar-refractivity contribution is -0.176. The van der Waals surface area contributed by atoms with Gasteiger partial charge in [-0.05, 0) is 73.6 Å². The molecule has 0 heterocycles. The zero-order chi connectivity index (χ0) is 23.1. The zero-order valence-corrected chi connectivity index (χ0v) is 18.9. The van der Waals surface area contributed by atoms with Crippen LogP contribution in [0.5, 0.6) is 0 Å². The van der Waals surface area contributed by atoms with Crippen LogP contribution in [-0.2, 0) is 19.1 Å². The zero-order valence-electron chi connectivity index (χ0n) is 18.9. The summed E-state index contributed by atoms with van der Waals surface area (Å²) in [5.41, 5.74) is 1.96. The molecule has 4 saturated carbocycles. The number of amides is 2. The van der Waals surface area contributed by atoms with E-state index >= 15 is 0 Å². The molecule has 0 saturated heterocycles. The number of esters is 1. The van der Waals surface area contributed by atoms with Gasteiger partial charge in [-0.1, -0.05) is 42.5 Å². The Morgan fingerprint density at radius 1 is 0.909 bits per heavy atom. The number of carbonyl (C=O) groups excluding carboxylic acids is 3. The molecule has 2 aromatic carbocycles. The molecule has 4 aliphatic rings. The molecule has 33 heavy (non-hydrogen) atoms. The molecule has 6 rings (SSSR count). The summed E-state index contributed by atoms with van der Waals surface area (Å²) in [7, 11) is 0. The van der Waals surface area contributed by atoms with Gasteiger partial charge < -0.3 is 15.4 Å². The number of hydrogen-bond donors (Lipinski definition) is 2. The summed E-state index contributed by atoms with van der Waals surface area (Å²) in [5.74, 6) is 0.182. The van der Waals surface area contributed by atoms with Crippen LogP contribution in [0, 0.1) is 17.3 Å². The number of carbonyl (C=O) groups is 3. The molecular weight excluding hydrogens is 416 g/mol. The Labute approximate surface area is 194 Å². The molecule has 2 amide bonds. The normalized spacial score (nSPS) is 29.4. The molecule has 2 unspecified atom stereocenters. The molecule has 172 valence electrons. The van der Waals surface area contributed by atoms with Gasteiger partial charge in [0.05, 0.1) is 5.41 Å². The van der Waals surface area contributed by atoms with Crippen molar-refractivity contribution in [2.24, 2.45) is 17.3 Å². The van der Waals surface area contributed by atoms with Crippen LogP contribution >= 0.6 is 0 Å². The highest BCUT2D eigenvalue weighted by molar-refractivity contribution is 5.93. The summed E-state index contributed by atoms with van der Waals surface area (Å²) in [6.07, 6.45) is 5.22. The SMILES string of the molecule is CC(=O)NC12C[C@H]3C[C@@H](C1)CC(C(=O)OCC(=O)Nc1ccc(-c4ccccc4)cc1)(C3)C2. The second kappa shape index (κ2) is 8.32. The monoisotopic (exact) mass is 446 g/mol. The molecule has 4 fully saturated rings. The van der Waals surface area contributed by atoms with Gasteiger partial charge in [0.1, 0.15) is 0 Å². The van der Waals surface area contributed by atoms with Gasteiger partial charge in [-0.25, -0.2) is 0 Å². The van der Waals surface area contributed by atoms with Crippen molar-refractivity contribution in [2.45, 2.75) is 51.0 Å². The Balaban J connectivity index is 1.19. The molecule has 4 atom stereocenters. The van der Waals surface area contributed by atoms with Gasteiger partial charge in [0.25, 0.3) is 5.91 Å². The van der Waals surface area contributed by atoms with Crippen LogP contribution in [0.3, 0.4) is 0 Å². The van der Waals surface area contributed by atoms with Crippen LogP contribution in [0.1, 0.15) is 45.4 Å². The quantitative estimate of drug-likeness (QED) is 0.648. The highest BCUT2D eigenvalue weighted by Crippen LogP contribution is 2.62. The Bertz CT molecular complexity index is 1050. The minimum absolute atomic E-state index is 0.0434. The first-order valence-corrected chi connectivity index (χ1v) is 11.8. The average Bonchev–Trinajstić information content (AvgIpc) is 2.77. The number of ether oxygens (including phenoxy) is 1. The van der Waals surface area contributed by atoms with Gasteiger partial charge in [0.2, 0.25) is 5.91 Å². The average molecular weight is 447 g/mol. The second-order valence-electron chi connectivity index (χ2n) is 10.3. The molecule has 0 aliphatic heterocycles. The van der Waals surface area contributed by atoms with Crippen molar-refractivity contribution in [1.82, 2.24) is 5.32 Å². The van der Waals surface area contributed by atoms with Crippen molar-refractivity contribution in [1.29, 1.82) is 0 Å². The third-order valence-corrected chi connectivity index (χ3v) is 7.55. The van der Waals surface area contributed by atoms with E-state index in [9.17, 15) is 14.4 Å². The number of rotatable bonds is 6. The molecule has 2 N–H and O–H groups in total. The van der Waals surface area contributed by atoms with E-state index in [4.69, 9.17) is 4.74 Å². The number of hydrogen-bond acceptors (Lipinski definition) is 4. The molecule has 0 radical (unpaired) electrons. The van der Waals surface area contributed by atoms with Crippen molar-refractivity contribution in [3.8, 4) is 11.1 Å². The van der Waals surface area contributed by atoms with E-state index in [2.05, 4.69) is 10.6 Å². The maximum absolute atomic E-state index is 13.2. The van der Waals surface area contributed by atoms with E-state index in [1.165, 1.54) is 0 Å². The lowest BCUT2D eigenvalue weighted by Gasteiger charge is -2.60. The molecule has 0 aromatic heterocycles. The topological polar surface area (TPSA) is 84.5 Å². The van der Waals surface area contributed by atoms with Crippen LogP contribution in [0.25, 0.3) is 11.1 Å². The largest absolute Gasteiger partial charge is 0.455 e. The molecule has 4 bridgehead atoms. The lowest BCUT2D eigenvalue weighted by Crippen LogP contribution is -2.64. The highest BCUT2D eigenvalue weighted by Gasteiger charge is 2.61. The van der Waals surface area contributed by atoms with Crippen LogP contribution in [-0.4, -0.2) is 29.9 Å².